The lowest BCUT2D eigenvalue weighted by atomic mass is 10.1. The molecule has 0 heterocycles. The Morgan fingerprint density at radius 3 is 2.11 bits per heavy atom. The summed E-state index contributed by atoms with van der Waals surface area (Å²) in [5.74, 6) is 1.26. The SMILES string of the molecule is CC[C@@H](O)c1ccc(Oc2cc(Cl)cc(Cl)c2)cc1. The molecule has 2 aromatic carbocycles. The summed E-state index contributed by atoms with van der Waals surface area (Å²) in [6.07, 6.45) is 0.249. The summed E-state index contributed by atoms with van der Waals surface area (Å²) in [7, 11) is 0. The molecular formula is C15H14Cl2O2. The predicted octanol–water partition coefficient (Wildman–Crippen LogP) is 5.23. The molecule has 0 amide bonds. The lowest BCUT2D eigenvalue weighted by Gasteiger charge is -2.10. The van der Waals surface area contributed by atoms with E-state index in [1.54, 1.807) is 18.2 Å². The standard InChI is InChI=1S/C15H14Cl2O2/c1-2-15(18)10-3-5-13(6-4-10)19-14-8-11(16)7-12(17)9-14/h3-9,15,18H,2H2,1H3/t15-/m1/s1. The van der Waals surface area contributed by atoms with E-state index in [2.05, 4.69) is 0 Å². The molecule has 0 saturated heterocycles. The zero-order valence-electron chi connectivity index (χ0n) is 10.4. The minimum atomic E-state index is -0.435. The lowest BCUT2D eigenvalue weighted by molar-refractivity contribution is 0.173. The minimum absolute atomic E-state index is 0.435. The Kier molecular flexibility index (Phi) is 4.70. The maximum absolute atomic E-state index is 9.71. The molecule has 0 bridgehead atoms. The Bertz CT molecular complexity index is 532. The molecule has 0 saturated carbocycles. The van der Waals surface area contributed by atoms with Crippen molar-refractivity contribution < 1.29 is 9.84 Å². The number of aliphatic hydroxyl groups is 1. The summed E-state index contributed by atoms with van der Waals surface area (Å²) < 4.78 is 5.66. The second-order valence-electron chi connectivity index (χ2n) is 4.20. The summed E-state index contributed by atoms with van der Waals surface area (Å²) in [5.41, 5.74) is 0.874. The van der Waals surface area contributed by atoms with Gasteiger partial charge in [-0.2, -0.15) is 0 Å². The number of ether oxygens (including phenoxy) is 1. The third-order valence-electron chi connectivity index (χ3n) is 2.72. The van der Waals surface area contributed by atoms with Crippen molar-refractivity contribution in [3.8, 4) is 11.5 Å². The van der Waals surface area contributed by atoms with Gasteiger partial charge in [-0.25, -0.2) is 0 Å². The van der Waals surface area contributed by atoms with Crippen molar-refractivity contribution in [3.63, 3.8) is 0 Å². The van der Waals surface area contributed by atoms with Crippen LogP contribution in [0.4, 0.5) is 0 Å². The highest BCUT2D eigenvalue weighted by Crippen LogP contribution is 2.29. The van der Waals surface area contributed by atoms with E-state index in [0.717, 1.165) is 5.56 Å². The molecule has 0 aliphatic heterocycles. The number of rotatable bonds is 4. The van der Waals surface area contributed by atoms with Gasteiger partial charge in [0.25, 0.3) is 0 Å². The average molecular weight is 297 g/mol. The Morgan fingerprint density at radius 1 is 1.00 bits per heavy atom. The molecule has 0 aromatic heterocycles. The normalized spacial score (nSPS) is 12.2. The molecule has 19 heavy (non-hydrogen) atoms. The topological polar surface area (TPSA) is 29.5 Å². The van der Waals surface area contributed by atoms with Crippen LogP contribution >= 0.6 is 23.2 Å². The van der Waals surface area contributed by atoms with Crippen LogP contribution < -0.4 is 4.74 Å². The van der Waals surface area contributed by atoms with Crippen LogP contribution in [-0.4, -0.2) is 5.11 Å². The molecule has 0 spiro atoms. The highest BCUT2D eigenvalue weighted by atomic mass is 35.5. The second-order valence-corrected chi connectivity index (χ2v) is 5.07. The Balaban J connectivity index is 2.15. The van der Waals surface area contributed by atoms with Crippen LogP contribution in [0.3, 0.4) is 0 Å². The molecule has 1 atom stereocenters. The summed E-state index contributed by atoms with van der Waals surface area (Å²) in [4.78, 5) is 0. The number of aliphatic hydroxyl groups excluding tert-OH is 1. The zero-order valence-corrected chi connectivity index (χ0v) is 11.9. The predicted molar refractivity (Wildman–Crippen MR) is 78.2 cm³/mol. The summed E-state index contributed by atoms with van der Waals surface area (Å²) in [5, 5.41) is 10.8. The molecule has 0 aliphatic carbocycles. The average Bonchev–Trinajstić information content (AvgIpc) is 2.37. The van der Waals surface area contributed by atoms with Gasteiger partial charge in [0.05, 0.1) is 6.10 Å². The van der Waals surface area contributed by atoms with E-state index >= 15 is 0 Å². The van der Waals surface area contributed by atoms with Crippen molar-refractivity contribution >= 4 is 23.2 Å². The number of halogens is 2. The van der Waals surface area contributed by atoms with Gasteiger partial charge in [0.2, 0.25) is 0 Å². The Labute approximate surface area is 122 Å². The molecule has 0 radical (unpaired) electrons. The van der Waals surface area contributed by atoms with Gasteiger partial charge >= 0.3 is 0 Å². The van der Waals surface area contributed by atoms with Crippen LogP contribution in [0.15, 0.2) is 42.5 Å². The van der Waals surface area contributed by atoms with E-state index < -0.39 is 6.10 Å². The van der Waals surface area contributed by atoms with E-state index in [4.69, 9.17) is 27.9 Å². The first kappa shape index (κ1) is 14.2. The fourth-order valence-electron chi connectivity index (χ4n) is 1.72. The molecule has 0 aliphatic rings. The fraction of sp³-hybridized carbons (Fsp3) is 0.200. The molecule has 2 rings (SSSR count). The first-order chi connectivity index (χ1) is 9.08. The Hall–Kier alpha value is -1.22. The quantitative estimate of drug-likeness (QED) is 0.837. The maximum atomic E-state index is 9.71. The molecule has 0 unspecified atom stereocenters. The Morgan fingerprint density at radius 2 is 1.58 bits per heavy atom. The number of hydrogen-bond acceptors (Lipinski definition) is 2. The monoisotopic (exact) mass is 296 g/mol. The van der Waals surface area contributed by atoms with Gasteiger partial charge < -0.3 is 9.84 Å². The molecule has 100 valence electrons. The van der Waals surface area contributed by atoms with Gasteiger partial charge in [0, 0.05) is 10.0 Å². The third kappa shape index (κ3) is 3.87. The van der Waals surface area contributed by atoms with E-state index in [1.165, 1.54) is 0 Å². The smallest absolute Gasteiger partial charge is 0.130 e. The molecular weight excluding hydrogens is 283 g/mol. The first-order valence-corrected chi connectivity index (χ1v) is 6.76. The van der Waals surface area contributed by atoms with Crippen LogP contribution in [0.1, 0.15) is 25.0 Å². The highest BCUT2D eigenvalue weighted by molar-refractivity contribution is 6.34. The summed E-state index contributed by atoms with van der Waals surface area (Å²) in [6.45, 7) is 1.93. The molecule has 0 fully saturated rings. The number of benzene rings is 2. The van der Waals surface area contributed by atoms with Crippen molar-refractivity contribution in [3.05, 3.63) is 58.1 Å². The van der Waals surface area contributed by atoms with Gasteiger partial charge in [-0.3, -0.25) is 0 Å². The zero-order chi connectivity index (χ0) is 13.8. The minimum Gasteiger partial charge on any atom is -0.457 e. The summed E-state index contributed by atoms with van der Waals surface area (Å²) >= 11 is 11.8. The number of hydrogen-bond donors (Lipinski definition) is 1. The van der Waals surface area contributed by atoms with E-state index in [1.807, 2.05) is 31.2 Å². The van der Waals surface area contributed by atoms with Gasteiger partial charge in [-0.05, 0) is 42.3 Å². The molecule has 1 N–H and O–H groups in total. The van der Waals surface area contributed by atoms with Crippen LogP contribution in [0, 0.1) is 0 Å². The van der Waals surface area contributed by atoms with Crippen molar-refractivity contribution in [2.24, 2.45) is 0 Å². The second kappa shape index (κ2) is 6.29. The highest BCUT2D eigenvalue weighted by Gasteiger charge is 2.05. The van der Waals surface area contributed by atoms with Gasteiger partial charge in [-0.15, -0.1) is 0 Å². The maximum Gasteiger partial charge on any atom is 0.130 e. The van der Waals surface area contributed by atoms with Gasteiger partial charge in [0.15, 0.2) is 0 Å². The van der Waals surface area contributed by atoms with Gasteiger partial charge in [0.1, 0.15) is 11.5 Å². The van der Waals surface area contributed by atoms with E-state index in [-0.39, 0.29) is 0 Å². The van der Waals surface area contributed by atoms with Crippen LogP contribution in [0.5, 0.6) is 11.5 Å². The van der Waals surface area contributed by atoms with E-state index in [0.29, 0.717) is 28.0 Å². The van der Waals surface area contributed by atoms with Crippen LogP contribution in [0.25, 0.3) is 0 Å². The molecule has 4 heteroatoms. The largest absolute Gasteiger partial charge is 0.457 e. The van der Waals surface area contributed by atoms with Crippen molar-refractivity contribution in [2.45, 2.75) is 19.4 Å². The van der Waals surface area contributed by atoms with Gasteiger partial charge in [-0.1, -0.05) is 42.3 Å². The first-order valence-electron chi connectivity index (χ1n) is 6.00. The van der Waals surface area contributed by atoms with Crippen molar-refractivity contribution in [1.29, 1.82) is 0 Å². The molecule has 2 aromatic rings. The van der Waals surface area contributed by atoms with Crippen LogP contribution in [-0.2, 0) is 0 Å². The van der Waals surface area contributed by atoms with Crippen molar-refractivity contribution in [2.75, 3.05) is 0 Å². The van der Waals surface area contributed by atoms with E-state index in [9.17, 15) is 5.11 Å². The van der Waals surface area contributed by atoms with Crippen LogP contribution in [0.2, 0.25) is 10.0 Å². The fourth-order valence-corrected chi connectivity index (χ4v) is 2.22. The molecule has 2 nitrogen and oxygen atoms in total. The summed E-state index contributed by atoms with van der Waals surface area (Å²) in [6, 6.07) is 12.3. The lowest BCUT2D eigenvalue weighted by Crippen LogP contribution is -1.94. The third-order valence-corrected chi connectivity index (χ3v) is 3.16. The van der Waals surface area contributed by atoms with Crippen molar-refractivity contribution in [1.82, 2.24) is 0 Å².